The number of likely N-dealkylation sites (N-methyl/N-ethyl adjacent to an activating group) is 1. The molecule has 9 nitrogen and oxygen atoms in total. The first-order chi connectivity index (χ1) is 19.8. The summed E-state index contributed by atoms with van der Waals surface area (Å²) in [5, 5.41) is 2.56. The highest BCUT2D eigenvalue weighted by molar-refractivity contribution is 5.98. The predicted molar refractivity (Wildman–Crippen MR) is 145 cm³/mol. The molecule has 0 radical (unpaired) electrons. The van der Waals surface area contributed by atoms with Gasteiger partial charge in [0.25, 0.3) is 5.91 Å². The minimum absolute atomic E-state index is 0.0934. The molecule has 3 heterocycles. The van der Waals surface area contributed by atoms with Crippen molar-refractivity contribution in [3.63, 3.8) is 0 Å². The van der Waals surface area contributed by atoms with E-state index in [4.69, 9.17) is 0 Å². The molecule has 42 heavy (non-hydrogen) atoms. The lowest BCUT2D eigenvalue weighted by Gasteiger charge is -2.44. The van der Waals surface area contributed by atoms with Crippen LogP contribution in [-0.2, 0) is 22.8 Å². The maximum absolute atomic E-state index is 14.5. The van der Waals surface area contributed by atoms with Crippen LogP contribution in [0.25, 0.3) is 0 Å². The molecule has 2 saturated heterocycles. The van der Waals surface area contributed by atoms with Gasteiger partial charge in [-0.3, -0.25) is 19.2 Å². The van der Waals surface area contributed by atoms with E-state index in [2.05, 4.69) is 5.32 Å². The number of aryl methyl sites for hydroxylation is 1. The van der Waals surface area contributed by atoms with Gasteiger partial charge in [-0.05, 0) is 55.9 Å². The van der Waals surface area contributed by atoms with Gasteiger partial charge in [0.2, 0.25) is 17.4 Å². The minimum atomic E-state index is -4.76. The molecule has 226 valence electrons. The van der Waals surface area contributed by atoms with Gasteiger partial charge in [0, 0.05) is 39.4 Å². The van der Waals surface area contributed by atoms with Crippen LogP contribution in [0.2, 0.25) is 0 Å². The molecule has 1 aromatic heterocycles. The number of hydrogen-bond acceptors (Lipinski definition) is 5. The molecular weight excluding hydrogens is 558 g/mol. The molecular formula is C29H33F4N5O4. The smallest absolute Gasteiger partial charge is 0.341 e. The van der Waals surface area contributed by atoms with E-state index in [0.717, 1.165) is 12.8 Å². The summed E-state index contributed by atoms with van der Waals surface area (Å²) in [6, 6.07) is 3.70. The van der Waals surface area contributed by atoms with Crippen LogP contribution in [-0.4, -0.2) is 70.5 Å². The highest BCUT2D eigenvalue weighted by Gasteiger charge is 2.53. The lowest BCUT2D eigenvalue weighted by molar-refractivity contribution is -0.140. The SMILES string of the molecule is CN1CN(c2ccc(=O)n(C)c2)C2(CCN(C(=O)[C@H](NC(=O)c3cc(C(F)(F)F)ccc3F)C3CCCC3)CC2)C1=O. The van der Waals surface area contributed by atoms with E-state index in [9.17, 15) is 36.7 Å². The van der Waals surface area contributed by atoms with Crippen molar-refractivity contribution in [2.24, 2.45) is 13.0 Å². The quantitative estimate of drug-likeness (QED) is 0.540. The van der Waals surface area contributed by atoms with Crippen LogP contribution in [0, 0.1) is 11.7 Å². The number of nitrogens with zero attached hydrogens (tertiary/aromatic N) is 4. The maximum atomic E-state index is 14.5. The molecule has 13 heteroatoms. The second-order valence-electron chi connectivity index (χ2n) is 11.5. The van der Waals surface area contributed by atoms with Gasteiger partial charge in [-0.15, -0.1) is 0 Å². The standard InChI is InChI=1S/C29H33F4N5O4/c1-35-16-20(8-10-23(35)39)38-17-36(2)27(42)28(38)11-13-37(14-12-28)26(41)24(18-5-3-4-6-18)34-25(40)21-15-19(29(31,32)33)7-9-22(21)30/h7-10,15-16,18,24H,3-6,11-14,17H2,1-2H3,(H,34,40)/t24-/m1/s1. The van der Waals surface area contributed by atoms with Crippen LogP contribution in [0.5, 0.6) is 0 Å². The van der Waals surface area contributed by atoms with Gasteiger partial charge in [0.1, 0.15) is 17.4 Å². The normalized spacial score (nSPS) is 20.0. The molecule has 0 unspecified atom stereocenters. The summed E-state index contributed by atoms with van der Waals surface area (Å²) < 4.78 is 55.6. The number of anilines is 1. The maximum Gasteiger partial charge on any atom is 0.416 e. The van der Waals surface area contributed by atoms with E-state index in [1.165, 1.54) is 10.6 Å². The van der Waals surface area contributed by atoms with E-state index >= 15 is 0 Å². The fraction of sp³-hybridized carbons (Fsp3) is 0.517. The molecule has 1 spiro atoms. The Bertz CT molecular complexity index is 1440. The van der Waals surface area contributed by atoms with Gasteiger partial charge in [0.05, 0.1) is 23.5 Å². The first kappa shape index (κ1) is 29.6. The molecule has 1 saturated carbocycles. The number of rotatable bonds is 5. The summed E-state index contributed by atoms with van der Waals surface area (Å²) in [5.41, 5.74) is -2.33. The predicted octanol–water partition coefficient (Wildman–Crippen LogP) is 3.13. The molecule has 1 atom stereocenters. The number of benzene rings is 1. The zero-order valence-corrected chi connectivity index (χ0v) is 23.4. The number of nitrogens with one attached hydrogen (secondary N) is 1. The third-order valence-electron chi connectivity index (χ3n) is 8.86. The Balaban J connectivity index is 1.36. The number of carbonyl (C=O) groups excluding carboxylic acids is 3. The summed E-state index contributed by atoms with van der Waals surface area (Å²) in [5.74, 6) is -2.92. The van der Waals surface area contributed by atoms with Crippen LogP contribution < -0.4 is 15.8 Å². The summed E-state index contributed by atoms with van der Waals surface area (Å²) in [6.07, 6.45) is 0.471. The number of hydrogen-bond donors (Lipinski definition) is 1. The molecule has 1 aliphatic carbocycles. The third kappa shape index (κ3) is 5.36. The number of aromatic nitrogens is 1. The second-order valence-corrected chi connectivity index (χ2v) is 11.5. The minimum Gasteiger partial charge on any atom is -0.341 e. The Hall–Kier alpha value is -3.90. The highest BCUT2D eigenvalue weighted by atomic mass is 19.4. The second kappa shape index (κ2) is 11.1. The highest BCUT2D eigenvalue weighted by Crippen LogP contribution is 2.39. The Morgan fingerprint density at radius 2 is 1.69 bits per heavy atom. The monoisotopic (exact) mass is 591 g/mol. The van der Waals surface area contributed by atoms with Gasteiger partial charge in [-0.2, -0.15) is 13.2 Å². The summed E-state index contributed by atoms with van der Waals surface area (Å²) >= 11 is 0. The largest absolute Gasteiger partial charge is 0.416 e. The summed E-state index contributed by atoms with van der Waals surface area (Å²) in [6.45, 7) is 0.726. The molecule has 2 aliphatic heterocycles. The van der Waals surface area contributed by atoms with E-state index < -0.39 is 46.5 Å². The Morgan fingerprint density at radius 1 is 1.02 bits per heavy atom. The van der Waals surface area contributed by atoms with Crippen molar-refractivity contribution >= 4 is 23.4 Å². The molecule has 1 aromatic carbocycles. The zero-order chi connectivity index (χ0) is 30.4. The number of pyridine rings is 1. The number of carbonyl (C=O) groups is 3. The van der Waals surface area contributed by atoms with Gasteiger partial charge < -0.3 is 24.6 Å². The van der Waals surface area contributed by atoms with Crippen molar-refractivity contribution in [1.82, 2.24) is 19.7 Å². The molecule has 1 N–H and O–H groups in total. The van der Waals surface area contributed by atoms with Crippen molar-refractivity contribution in [3.05, 3.63) is 63.8 Å². The van der Waals surface area contributed by atoms with Crippen LogP contribution in [0.3, 0.4) is 0 Å². The van der Waals surface area contributed by atoms with Crippen molar-refractivity contribution in [1.29, 1.82) is 0 Å². The molecule has 2 aromatic rings. The van der Waals surface area contributed by atoms with Gasteiger partial charge >= 0.3 is 6.18 Å². The van der Waals surface area contributed by atoms with Crippen molar-refractivity contribution < 1.29 is 31.9 Å². The van der Waals surface area contributed by atoms with Gasteiger partial charge in [-0.1, -0.05) is 12.8 Å². The van der Waals surface area contributed by atoms with E-state index in [1.54, 1.807) is 36.2 Å². The number of piperidine rings is 1. The molecule has 3 fully saturated rings. The third-order valence-corrected chi connectivity index (χ3v) is 8.86. The van der Waals surface area contributed by atoms with E-state index in [1.807, 2.05) is 4.90 Å². The van der Waals surface area contributed by atoms with Crippen LogP contribution in [0.15, 0.2) is 41.3 Å². The Labute approximate surface area is 240 Å². The van der Waals surface area contributed by atoms with E-state index in [0.29, 0.717) is 56.2 Å². The number of amides is 3. The van der Waals surface area contributed by atoms with Crippen LogP contribution in [0.1, 0.15) is 54.4 Å². The number of likely N-dealkylation sites (tertiary alicyclic amines) is 1. The fourth-order valence-electron chi connectivity index (χ4n) is 6.49. The fourth-order valence-corrected chi connectivity index (χ4v) is 6.49. The number of alkyl halides is 3. The van der Waals surface area contributed by atoms with Crippen LogP contribution >= 0.6 is 0 Å². The topological polar surface area (TPSA) is 95.0 Å². The van der Waals surface area contributed by atoms with Crippen molar-refractivity contribution in [2.75, 3.05) is 31.7 Å². The average molecular weight is 592 g/mol. The molecule has 5 rings (SSSR count). The Kier molecular flexibility index (Phi) is 7.80. The lowest BCUT2D eigenvalue weighted by Crippen LogP contribution is -2.60. The molecule has 0 bridgehead atoms. The van der Waals surface area contributed by atoms with Crippen LogP contribution in [0.4, 0.5) is 23.2 Å². The van der Waals surface area contributed by atoms with Gasteiger partial charge in [0.15, 0.2) is 0 Å². The van der Waals surface area contributed by atoms with Crippen molar-refractivity contribution in [2.45, 2.75) is 56.3 Å². The zero-order valence-electron chi connectivity index (χ0n) is 23.4. The summed E-state index contributed by atoms with van der Waals surface area (Å²) in [4.78, 5) is 57.4. The molecule has 3 amide bonds. The average Bonchev–Trinajstić information content (AvgIpc) is 3.56. The van der Waals surface area contributed by atoms with Crippen molar-refractivity contribution in [3.8, 4) is 0 Å². The lowest BCUT2D eigenvalue weighted by atomic mass is 9.84. The van der Waals surface area contributed by atoms with Gasteiger partial charge in [-0.25, -0.2) is 4.39 Å². The molecule has 3 aliphatic rings. The first-order valence-electron chi connectivity index (χ1n) is 14.0. The first-order valence-corrected chi connectivity index (χ1v) is 14.0. The summed E-state index contributed by atoms with van der Waals surface area (Å²) in [7, 11) is 3.33. The Morgan fingerprint density at radius 3 is 2.31 bits per heavy atom. The van der Waals surface area contributed by atoms with E-state index in [-0.39, 0.29) is 30.5 Å². The number of halogens is 4.